The van der Waals surface area contributed by atoms with E-state index in [4.69, 9.17) is 9.15 Å². The second-order valence-corrected chi connectivity index (χ2v) is 4.74. The van der Waals surface area contributed by atoms with E-state index in [-0.39, 0.29) is 12.6 Å². The Morgan fingerprint density at radius 1 is 1.27 bits per heavy atom. The fourth-order valence-corrected chi connectivity index (χ4v) is 1.95. The highest BCUT2D eigenvalue weighted by Crippen LogP contribution is 2.22. The van der Waals surface area contributed by atoms with Gasteiger partial charge in [-0.15, -0.1) is 0 Å². The molecule has 1 aromatic heterocycles. The predicted octanol–water partition coefficient (Wildman–Crippen LogP) is 1.93. The molecule has 2 amide bonds. The van der Waals surface area contributed by atoms with E-state index in [9.17, 15) is 9.90 Å². The third kappa shape index (κ3) is 4.61. The van der Waals surface area contributed by atoms with Crippen LogP contribution in [-0.2, 0) is 4.74 Å². The van der Waals surface area contributed by atoms with Gasteiger partial charge in [0, 0.05) is 25.8 Å². The monoisotopic (exact) mass is 304 g/mol. The van der Waals surface area contributed by atoms with Crippen molar-refractivity contribution in [1.29, 1.82) is 0 Å². The van der Waals surface area contributed by atoms with Crippen molar-refractivity contribution < 1.29 is 19.1 Å². The summed E-state index contributed by atoms with van der Waals surface area (Å²) < 4.78 is 10.1. The van der Waals surface area contributed by atoms with Crippen molar-refractivity contribution in [1.82, 2.24) is 10.6 Å². The number of methoxy groups -OCH3 is 1. The molecule has 118 valence electrons. The molecule has 2 rings (SSSR count). The average molecular weight is 304 g/mol. The van der Waals surface area contributed by atoms with Gasteiger partial charge in [0.15, 0.2) is 0 Å². The van der Waals surface area contributed by atoms with Gasteiger partial charge in [0.2, 0.25) is 0 Å². The molecule has 0 aliphatic carbocycles. The van der Waals surface area contributed by atoms with Crippen LogP contribution < -0.4 is 10.6 Å². The maximum absolute atomic E-state index is 11.5. The van der Waals surface area contributed by atoms with E-state index in [2.05, 4.69) is 10.6 Å². The Labute approximate surface area is 129 Å². The highest BCUT2D eigenvalue weighted by Gasteiger charge is 2.10. The highest BCUT2D eigenvalue weighted by molar-refractivity contribution is 5.73. The molecular weight excluding hydrogens is 284 g/mol. The normalized spacial score (nSPS) is 11.9. The quantitative estimate of drug-likeness (QED) is 0.682. The largest absolute Gasteiger partial charge is 0.464 e. The Morgan fingerprint density at radius 2 is 2.05 bits per heavy atom. The molecule has 1 heterocycles. The van der Waals surface area contributed by atoms with Gasteiger partial charge in [-0.1, -0.05) is 24.3 Å². The lowest BCUT2D eigenvalue weighted by atomic mass is 10.1. The molecular formula is C16H20N2O4. The zero-order chi connectivity index (χ0) is 15.8. The second kappa shape index (κ2) is 8.21. The van der Waals surface area contributed by atoms with E-state index < -0.39 is 6.10 Å². The number of benzene rings is 1. The first-order valence-electron chi connectivity index (χ1n) is 7.03. The summed E-state index contributed by atoms with van der Waals surface area (Å²) in [7, 11) is 1.57. The first-order valence-corrected chi connectivity index (χ1v) is 7.03. The number of ether oxygens (including phenoxy) is 1. The molecule has 6 nitrogen and oxygen atoms in total. The first-order chi connectivity index (χ1) is 10.7. The number of aliphatic hydroxyl groups is 1. The molecule has 0 spiro atoms. The fraction of sp³-hybridized carbons (Fsp3) is 0.312. The minimum atomic E-state index is -0.765. The lowest BCUT2D eigenvalue weighted by Gasteiger charge is -2.13. The molecule has 22 heavy (non-hydrogen) atoms. The van der Waals surface area contributed by atoms with Crippen LogP contribution in [0, 0.1) is 0 Å². The maximum Gasteiger partial charge on any atom is 0.314 e. The van der Waals surface area contributed by atoms with Crippen LogP contribution >= 0.6 is 0 Å². The summed E-state index contributed by atoms with van der Waals surface area (Å²) in [6.45, 7) is 1.01. The van der Waals surface area contributed by atoms with Gasteiger partial charge in [-0.25, -0.2) is 4.79 Å². The van der Waals surface area contributed by atoms with Crippen LogP contribution in [-0.4, -0.2) is 37.9 Å². The zero-order valence-corrected chi connectivity index (χ0v) is 12.4. The summed E-state index contributed by atoms with van der Waals surface area (Å²) in [6, 6.07) is 10.7. The van der Waals surface area contributed by atoms with Gasteiger partial charge in [-0.2, -0.15) is 0 Å². The minimum Gasteiger partial charge on any atom is -0.464 e. The van der Waals surface area contributed by atoms with E-state index in [0.717, 1.165) is 16.9 Å². The van der Waals surface area contributed by atoms with Crippen molar-refractivity contribution in [3.8, 4) is 11.3 Å². The van der Waals surface area contributed by atoms with Crippen LogP contribution in [0.3, 0.4) is 0 Å². The molecule has 6 heteroatoms. The first kappa shape index (κ1) is 16.1. The zero-order valence-electron chi connectivity index (χ0n) is 12.4. The lowest BCUT2D eigenvalue weighted by Crippen LogP contribution is -2.39. The number of nitrogens with one attached hydrogen (secondary N) is 2. The molecule has 2 aromatic rings. The van der Waals surface area contributed by atoms with Crippen LogP contribution in [0.5, 0.6) is 0 Å². The van der Waals surface area contributed by atoms with E-state index >= 15 is 0 Å². The van der Waals surface area contributed by atoms with E-state index in [1.165, 1.54) is 0 Å². The number of hydrogen-bond donors (Lipinski definition) is 3. The summed E-state index contributed by atoms with van der Waals surface area (Å²) in [5.74, 6) is 0.775. The van der Waals surface area contributed by atoms with Crippen LogP contribution in [0.25, 0.3) is 11.3 Å². The summed E-state index contributed by atoms with van der Waals surface area (Å²) in [5, 5.41) is 15.3. The van der Waals surface area contributed by atoms with Gasteiger partial charge in [0.05, 0.1) is 19.0 Å². The number of carbonyl (C=O) groups excluding carboxylic acids is 1. The predicted molar refractivity (Wildman–Crippen MR) is 82.4 cm³/mol. The molecule has 3 N–H and O–H groups in total. The molecule has 0 aliphatic rings. The van der Waals surface area contributed by atoms with Gasteiger partial charge in [0.25, 0.3) is 0 Å². The Kier molecular flexibility index (Phi) is 6.00. The van der Waals surface area contributed by atoms with Crippen molar-refractivity contribution in [2.24, 2.45) is 0 Å². The number of rotatable bonds is 7. The number of urea groups is 1. The van der Waals surface area contributed by atoms with Crippen molar-refractivity contribution >= 4 is 6.03 Å². The summed E-state index contributed by atoms with van der Waals surface area (Å²) in [5.41, 5.74) is 1.67. The van der Waals surface area contributed by atoms with Crippen molar-refractivity contribution in [3.63, 3.8) is 0 Å². The van der Waals surface area contributed by atoms with E-state index in [1.54, 1.807) is 13.4 Å². The van der Waals surface area contributed by atoms with Gasteiger partial charge in [-0.3, -0.25) is 0 Å². The molecule has 0 saturated carbocycles. The van der Waals surface area contributed by atoms with Crippen molar-refractivity contribution in [2.45, 2.75) is 6.10 Å². The number of carbonyl (C=O) groups is 1. The highest BCUT2D eigenvalue weighted by atomic mass is 16.5. The summed E-state index contributed by atoms with van der Waals surface area (Å²) in [4.78, 5) is 11.5. The van der Waals surface area contributed by atoms with Crippen molar-refractivity contribution in [2.75, 3.05) is 26.8 Å². The summed E-state index contributed by atoms with van der Waals surface area (Å²) in [6.07, 6.45) is 0.850. The molecule has 1 atom stereocenters. The number of amides is 2. The average Bonchev–Trinajstić information content (AvgIpc) is 3.07. The molecule has 0 unspecified atom stereocenters. The number of furan rings is 1. The SMILES string of the molecule is COCCNC(=O)NC[C@@H](O)c1ccc(-c2ccco2)cc1. The lowest BCUT2D eigenvalue weighted by molar-refractivity contribution is 0.171. The second-order valence-electron chi connectivity index (χ2n) is 4.74. The molecule has 0 bridgehead atoms. The molecule has 0 radical (unpaired) electrons. The van der Waals surface area contributed by atoms with E-state index in [1.807, 2.05) is 36.4 Å². The Morgan fingerprint density at radius 3 is 2.68 bits per heavy atom. The number of hydrogen-bond acceptors (Lipinski definition) is 4. The Hall–Kier alpha value is -2.31. The van der Waals surface area contributed by atoms with Gasteiger partial charge >= 0.3 is 6.03 Å². The van der Waals surface area contributed by atoms with E-state index in [0.29, 0.717) is 13.2 Å². The maximum atomic E-state index is 11.5. The third-order valence-corrected chi connectivity index (χ3v) is 3.15. The third-order valence-electron chi connectivity index (χ3n) is 3.15. The van der Waals surface area contributed by atoms with Crippen LogP contribution in [0.15, 0.2) is 47.1 Å². The Bertz CT molecular complexity index is 566. The topological polar surface area (TPSA) is 83.7 Å². The molecule has 0 saturated heterocycles. The van der Waals surface area contributed by atoms with Crippen LogP contribution in [0.1, 0.15) is 11.7 Å². The van der Waals surface area contributed by atoms with Crippen LogP contribution in [0.2, 0.25) is 0 Å². The van der Waals surface area contributed by atoms with Gasteiger partial charge in [-0.05, 0) is 17.7 Å². The molecule has 1 aromatic carbocycles. The smallest absolute Gasteiger partial charge is 0.314 e. The van der Waals surface area contributed by atoms with Gasteiger partial charge < -0.3 is 24.9 Å². The fourth-order valence-electron chi connectivity index (χ4n) is 1.95. The van der Waals surface area contributed by atoms with Crippen LogP contribution in [0.4, 0.5) is 4.79 Å². The standard InChI is InChI=1S/C16H20N2O4/c1-21-10-8-17-16(20)18-11-14(19)12-4-6-13(7-5-12)15-3-2-9-22-15/h2-7,9,14,19H,8,10-11H2,1H3,(H2,17,18,20)/t14-/m1/s1. The molecule has 0 fully saturated rings. The summed E-state index contributed by atoms with van der Waals surface area (Å²) >= 11 is 0. The Balaban J connectivity index is 1.82. The van der Waals surface area contributed by atoms with Crippen molar-refractivity contribution in [3.05, 3.63) is 48.2 Å². The molecule has 0 aliphatic heterocycles. The number of aliphatic hydroxyl groups excluding tert-OH is 1. The van der Waals surface area contributed by atoms with Gasteiger partial charge in [0.1, 0.15) is 5.76 Å². The minimum absolute atomic E-state index is 0.138.